The molecule has 0 unspecified atom stereocenters. The van der Waals surface area contributed by atoms with Gasteiger partial charge in [-0.2, -0.15) is 0 Å². The van der Waals surface area contributed by atoms with Crippen molar-refractivity contribution >= 4 is 5.91 Å². The first-order valence-electron chi connectivity index (χ1n) is 6.52. The molecule has 98 valence electrons. The molecule has 1 aliphatic heterocycles. The first-order valence-corrected chi connectivity index (χ1v) is 6.52. The smallest absolute Gasteiger partial charge is 0.255 e. The minimum atomic E-state index is 0.111. The van der Waals surface area contributed by atoms with Crippen molar-refractivity contribution in [2.45, 2.75) is 32.7 Å². The molecule has 2 rings (SSSR count). The molecule has 4 nitrogen and oxygen atoms in total. The Morgan fingerprint density at radius 3 is 2.89 bits per heavy atom. The topological polar surface area (TPSA) is 45.2 Å². The van der Waals surface area contributed by atoms with E-state index in [0.29, 0.717) is 6.04 Å². The molecule has 0 radical (unpaired) electrons. The molecular weight excluding hydrogens is 226 g/mol. The number of likely N-dealkylation sites (tertiary alicyclic amines) is 1. The van der Waals surface area contributed by atoms with E-state index in [-0.39, 0.29) is 5.91 Å². The molecule has 1 aromatic heterocycles. The molecule has 0 spiro atoms. The van der Waals surface area contributed by atoms with E-state index < -0.39 is 0 Å². The summed E-state index contributed by atoms with van der Waals surface area (Å²) in [5, 5.41) is 3.25. The van der Waals surface area contributed by atoms with Crippen LogP contribution in [0, 0.1) is 13.8 Å². The van der Waals surface area contributed by atoms with Crippen LogP contribution >= 0.6 is 0 Å². The summed E-state index contributed by atoms with van der Waals surface area (Å²) < 4.78 is 0. The van der Waals surface area contributed by atoms with Gasteiger partial charge in [-0.05, 0) is 45.9 Å². The third kappa shape index (κ3) is 2.70. The van der Waals surface area contributed by atoms with E-state index in [2.05, 4.69) is 10.3 Å². The average molecular weight is 247 g/mol. The largest absolute Gasteiger partial charge is 0.337 e. The fraction of sp³-hybridized carbons (Fsp3) is 0.571. The van der Waals surface area contributed by atoms with Gasteiger partial charge in [-0.3, -0.25) is 9.78 Å². The maximum atomic E-state index is 12.5. The molecular formula is C14H21N3O. The summed E-state index contributed by atoms with van der Waals surface area (Å²) in [5.74, 6) is 0.111. The molecule has 0 aromatic carbocycles. The molecule has 1 atom stereocenters. The SMILES string of the molecule is CN[C@H]1CCCN(C(=O)c2ccc(C)nc2C)C1. The molecule has 0 bridgehead atoms. The minimum absolute atomic E-state index is 0.111. The first-order chi connectivity index (χ1) is 8.61. The van der Waals surface area contributed by atoms with Crippen molar-refractivity contribution in [3.8, 4) is 0 Å². The maximum Gasteiger partial charge on any atom is 0.255 e. The lowest BCUT2D eigenvalue weighted by atomic mass is 10.0. The predicted molar refractivity (Wildman–Crippen MR) is 71.7 cm³/mol. The summed E-state index contributed by atoms with van der Waals surface area (Å²) in [6.45, 7) is 5.49. The highest BCUT2D eigenvalue weighted by atomic mass is 16.2. The molecule has 1 fully saturated rings. The van der Waals surface area contributed by atoms with Crippen molar-refractivity contribution in [1.82, 2.24) is 15.2 Å². The van der Waals surface area contributed by atoms with Gasteiger partial charge in [0.05, 0.1) is 11.3 Å². The lowest BCUT2D eigenvalue weighted by molar-refractivity contribution is 0.0697. The van der Waals surface area contributed by atoms with Gasteiger partial charge in [0.1, 0.15) is 0 Å². The van der Waals surface area contributed by atoms with Crippen LogP contribution in [0.25, 0.3) is 0 Å². The third-order valence-corrected chi connectivity index (χ3v) is 3.57. The Balaban J connectivity index is 2.15. The number of aryl methyl sites for hydroxylation is 2. The number of nitrogens with one attached hydrogen (secondary N) is 1. The molecule has 1 aromatic rings. The van der Waals surface area contributed by atoms with Crippen LogP contribution in [-0.4, -0.2) is 42.0 Å². The summed E-state index contributed by atoms with van der Waals surface area (Å²) >= 11 is 0. The normalized spacial score (nSPS) is 19.9. The number of rotatable bonds is 2. The van der Waals surface area contributed by atoms with E-state index in [9.17, 15) is 4.79 Å². The standard InChI is InChI=1S/C14H21N3O/c1-10-6-7-13(11(2)16-10)14(18)17-8-4-5-12(9-17)15-3/h6-7,12,15H,4-5,8-9H2,1-3H3/t12-/m0/s1. The maximum absolute atomic E-state index is 12.5. The highest BCUT2D eigenvalue weighted by molar-refractivity contribution is 5.95. The quantitative estimate of drug-likeness (QED) is 0.862. The lowest BCUT2D eigenvalue weighted by Gasteiger charge is -2.32. The fourth-order valence-electron chi connectivity index (χ4n) is 2.48. The second-order valence-corrected chi connectivity index (χ2v) is 4.96. The number of piperidine rings is 1. The monoisotopic (exact) mass is 247 g/mol. The van der Waals surface area contributed by atoms with Crippen LogP contribution < -0.4 is 5.32 Å². The van der Waals surface area contributed by atoms with Crippen molar-refractivity contribution in [1.29, 1.82) is 0 Å². The molecule has 1 aliphatic rings. The molecule has 1 saturated heterocycles. The summed E-state index contributed by atoms with van der Waals surface area (Å²) in [5.41, 5.74) is 2.51. The summed E-state index contributed by atoms with van der Waals surface area (Å²) in [4.78, 5) is 18.8. The molecule has 0 saturated carbocycles. The average Bonchev–Trinajstić information content (AvgIpc) is 2.38. The number of carbonyl (C=O) groups excluding carboxylic acids is 1. The Kier molecular flexibility index (Phi) is 3.97. The molecule has 18 heavy (non-hydrogen) atoms. The van der Waals surface area contributed by atoms with E-state index >= 15 is 0 Å². The van der Waals surface area contributed by atoms with Gasteiger partial charge < -0.3 is 10.2 Å². The van der Waals surface area contributed by atoms with E-state index in [1.54, 1.807) is 0 Å². The zero-order chi connectivity index (χ0) is 13.1. The highest BCUT2D eigenvalue weighted by Gasteiger charge is 2.24. The van der Waals surface area contributed by atoms with Crippen molar-refractivity contribution in [3.63, 3.8) is 0 Å². The van der Waals surface area contributed by atoms with Crippen LogP contribution in [0.1, 0.15) is 34.6 Å². The number of hydrogen-bond acceptors (Lipinski definition) is 3. The van der Waals surface area contributed by atoms with Gasteiger partial charge >= 0.3 is 0 Å². The number of carbonyl (C=O) groups is 1. The molecule has 4 heteroatoms. The Labute approximate surface area is 108 Å². The number of pyridine rings is 1. The predicted octanol–water partition coefficient (Wildman–Crippen LogP) is 1.52. The number of hydrogen-bond donors (Lipinski definition) is 1. The van der Waals surface area contributed by atoms with Gasteiger partial charge in [-0.1, -0.05) is 0 Å². The molecule has 2 heterocycles. The van der Waals surface area contributed by atoms with Gasteiger partial charge in [0, 0.05) is 24.8 Å². The summed E-state index contributed by atoms with van der Waals surface area (Å²) in [6, 6.07) is 4.21. The summed E-state index contributed by atoms with van der Waals surface area (Å²) in [6.07, 6.45) is 2.21. The van der Waals surface area contributed by atoms with Crippen LogP contribution in [0.15, 0.2) is 12.1 Å². The summed E-state index contributed by atoms with van der Waals surface area (Å²) in [7, 11) is 1.96. The molecule has 1 amide bonds. The van der Waals surface area contributed by atoms with Gasteiger partial charge in [-0.25, -0.2) is 0 Å². The number of aromatic nitrogens is 1. The zero-order valence-electron chi connectivity index (χ0n) is 11.4. The van der Waals surface area contributed by atoms with Crippen molar-refractivity contribution in [3.05, 3.63) is 29.1 Å². The van der Waals surface area contributed by atoms with Gasteiger partial charge in [-0.15, -0.1) is 0 Å². The first kappa shape index (κ1) is 13.0. The number of likely N-dealkylation sites (N-methyl/N-ethyl adjacent to an activating group) is 1. The number of nitrogens with zero attached hydrogens (tertiary/aromatic N) is 2. The fourth-order valence-corrected chi connectivity index (χ4v) is 2.48. The molecule has 0 aliphatic carbocycles. The van der Waals surface area contributed by atoms with Crippen LogP contribution in [-0.2, 0) is 0 Å². The van der Waals surface area contributed by atoms with E-state index in [1.807, 2.05) is 37.9 Å². The number of amides is 1. The minimum Gasteiger partial charge on any atom is -0.337 e. The molecule has 1 N–H and O–H groups in total. The second kappa shape index (κ2) is 5.48. The van der Waals surface area contributed by atoms with Crippen LogP contribution in [0.2, 0.25) is 0 Å². The third-order valence-electron chi connectivity index (χ3n) is 3.57. The van der Waals surface area contributed by atoms with Crippen LogP contribution in [0.3, 0.4) is 0 Å². The van der Waals surface area contributed by atoms with E-state index in [1.165, 1.54) is 0 Å². The van der Waals surface area contributed by atoms with E-state index in [0.717, 1.165) is 42.9 Å². The van der Waals surface area contributed by atoms with Gasteiger partial charge in [0.2, 0.25) is 0 Å². The highest BCUT2D eigenvalue weighted by Crippen LogP contribution is 2.15. The van der Waals surface area contributed by atoms with Gasteiger partial charge in [0.15, 0.2) is 0 Å². The van der Waals surface area contributed by atoms with Crippen molar-refractivity contribution in [2.24, 2.45) is 0 Å². The second-order valence-electron chi connectivity index (χ2n) is 4.96. The lowest BCUT2D eigenvalue weighted by Crippen LogP contribution is -2.47. The van der Waals surface area contributed by atoms with Gasteiger partial charge in [0.25, 0.3) is 5.91 Å². The Morgan fingerprint density at radius 1 is 1.44 bits per heavy atom. The Hall–Kier alpha value is -1.42. The Bertz CT molecular complexity index is 445. The Morgan fingerprint density at radius 2 is 2.22 bits per heavy atom. The van der Waals surface area contributed by atoms with Crippen molar-refractivity contribution in [2.75, 3.05) is 20.1 Å². The van der Waals surface area contributed by atoms with E-state index in [4.69, 9.17) is 0 Å². The zero-order valence-corrected chi connectivity index (χ0v) is 11.4. The van der Waals surface area contributed by atoms with Crippen molar-refractivity contribution < 1.29 is 4.79 Å². The van der Waals surface area contributed by atoms with Crippen LogP contribution in [0.5, 0.6) is 0 Å². The van der Waals surface area contributed by atoms with Crippen LogP contribution in [0.4, 0.5) is 0 Å².